The molecule has 176 valence electrons. The normalized spacial score (nSPS) is 17.6. The van der Waals surface area contributed by atoms with E-state index < -0.39 is 5.91 Å². The van der Waals surface area contributed by atoms with Crippen molar-refractivity contribution in [3.8, 4) is 11.5 Å². The highest BCUT2D eigenvalue weighted by Crippen LogP contribution is 2.23. The molecule has 2 aromatic carbocycles. The van der Waals surface area contributed by atoms with Crippen LogP contribution in [0.4, 0.5) is 0 Å². The van der Waals surface area contributed by atoms with Gasteiger partial charge in [0.1, 0.15) is 11.5 Å². The Morgan fingerprint density at radius 2 is 1.33 bits per heavy atom. The molecule has 1 aliphatic rings. The smallest absolute Gasteiger partial charge is 0.258 e. The van der Waals surface area contributed by atoms with Gasteiger partial charge in [-0.1, -0.05) is 23.2 Å². The van der Waals surface area contributed by atoms with Crippen LogP contribution in [0.3, 0.4) is 0 Å². The Morgan fingerprint density at radius 1 is 0.818 bits per heavy atom. The first-order chi connectivity index (χ1) is 15.8. The number of hydrogen-bond donors (Lipinski definition) is 3. The fourth-order valence-electron chi connectivity index (χ4n) is 3.56. The van der Waals surface area contributed by atoms with Crippen LogP contribution in [0, 0.1) is 0 Å². The molecule has 0 unspecified atom stereocenters. The highest BCUT2D eigenvalue weighted by Gasteiger charge is 2.24. The molecule has 0 aromatic heterocycles. The van der Waals surface area contributed by atoms with Crippen LogP contribution in [0.5, 0.6) is 11.5 Å². The van der Waals surface area contributed by atoms with Gasteiger partial charge < -0.3 is 25.8 Å². The Morgan fingerprint density at radius 3 is 1.88 bits per heavy atom. The Labute approximate surface area is 201 Å². The maximum atomic E-state index is 12.3. The van der Waals surface area contributed by atoms with Crippen molar-refractivity contribution in [3.05, 3.63) is 58.1 Å². The topological polar surface area (TPSA) is 120 Å². The Kier molecular flexibility index (Phi) is 8.79. The molecule has 0 radical (unpaired) electrons. The lowest BCUT2D eigenvalue weighted by Crippen LogP contribution is -2.45. The van der Waals surface area contributed by atoms with E-state index in [2.05, 4.69) is 10.6 Å². The molecular weight excluding hydrogens is 469 g/mol. The van der Waals surface area contributed by atoms with Crippen LogP contribution in [0.25, 0.3) is 0 Å². The standard InChI is InChI=1S/C23H25Cl2N3O5/c24-14-1-8-18(9-2-14)32-12-21(29)27-16-4-6-17(7-5-16)28-22(30)13-33-20-10-3-15(25)11-19(20)23(26)31/h1-3,8-11,16-17H,4-7,12-13H2,(H2,26,31)(H,27,29)(H,28,30)/t16-,17-. The van der Waals surface area contributed by atoms with Crippen molar-refractivity contribution in [1.29, 1.82) is 0 Å². The summed E-state index contributed by atoms with van der Waals surface area (Å²) in [6, 6.07) is 11.3. The van der Waals surface area contributed by atoms with E-state index in [9.17, 15) is 14.4 Å². The van der Waals surface area contributed by atoms with E-state index in [0.717, 1.165) is 25.7 Å². The number of primary amides is 1. The summed E-state index contributed by atoms with van der Waals surface area (Å²) >= 11 is 11.7. The molecule has 3 amide bonds. The second kappa shape index (κ2) is 11.8. The van der Waals surface area contributed by atoms with E-state index in [1.54, 1.807) is 30.3 Å². The van der Waals surface area contributed by atoms with Crippen molar-refractivity contribution < 1.29 is 23.9 Å². The third-order valence-electron chi connectivity index (χ3n) is 5.21. The van der Waals surface area contributed by atoms with Crippen molar-refractivity contribution in [1.82, 2.24) is 10.6 Å². The van der Waals surface area contributed by atoms with Gasteiger partial charge in [0.05, 0.1) is 5.56 Å². The van der Waals surface area contributed by atoms with E-state index in [0.29, 0.717) is 15.8 Å². The largest absolute Gasteiger partial charge is 0.484 e. The third-order valence-corrected chi connectivity index (χ3v) is 5.69. The Balaban J connectivity index is 1.36. The molecule has 10 heteroatoms. The van der Waals surface area contributed by atoms with Crippen molar-refractivity contribution in [3.63, 3.8) is 0 Å². The van der Waals surface area contributed by atoms with Gasteiger partial charge in [0.25, 0.3) is 17.7 Å². The SMILES string of the molecule is NC(=O)c1cc(Cl)ccc1OCC(=O)N[C@H]1CC[C@H](NC(=O)COc2ccc(Cl)cc2)CC1. The maximum Gasteiger partial charge on any atom is 0.258 e. The number of nitrogens with one attached hydrogen (secondary N) is 2. The minimum absolute atomic E-state index is 0.0135. The number of amides is 3. The van der Waals surface area contributed by atoms with E-state index in [1.807, 2.05) is 0 Å². The molecule has 0 heterocycles. The van der Waals surface area contributed by atoms with Gasteiger partial charge in [-0.05, 0) is 68.1 Å². The fraction of sp³-hybridized carbons (Fsp3) is 0.348. The van der Waals surface area contributed by atoms with Crippen molar-refractivity contribution >= 4 is 40.9 Å². The second-order valence-electron chi connectivity index (χ2n) is 7.72. The highest BCUT2D eigenvalue weighted by molar-refractivity contribution is 6.31. The molecule has 1 saturated carbocycles. The number of benzene rings is 2. The van der Waals surface area contributed by atoms with Crippen LogP contribution < -0.4 is 25.8 Å². The highest BCUT2D eigenvalue weighted by atomic mass is 35.5. The lowest BCUT2D eigenvalue weighted by Gasteiger charge is -2.29. The minimum atomic E-state index is -0.688. The number of rotatable bonds is 9. The van der Waals surface area contributed by atoms with Crippen LogP contribution >= 0.6 is 23.2 Å². The molecule has 0 aliphatic heterocycles. The quantitative estimate of drug-likeness (QED) is 0.495. The summed E-state index contributed by atoms with van der Waals surface area (Å²) in [6.45, 7) is -0.325. The van der Waals surface area contributed by atoms with Crippen LogP contribution in [-0.2, 0) is 9.59 Å². The van der Waals surface area contributed by atoms with Gasteiger partial charge in [-0.15, -0.1) is 0 Å². The Bertz CT molecular complexity index is 992. The average Bonchev–Trinajstić information content (AvgIpc) is 2.79. The van der Waals surface area contributed by atoms with Gasteiger partial charge >= 0.3 is 0 Å². The van der Waals surface area contributed by atoms with E-state index in [1.165, 1.54) is 12.1 Å². The second-order valence-corrected chi connectivity index (χ2v) is 8.59. The molecule has 0 atom stereocenters. The summed E-state index contributed by atoms with van der Waals surface area (Å²) in [7, 11) is 0. The molecule has 1 aliphatic carbocycles. The summed E-state index contributed by atoms with van der Waals surface area (Å²) in [5, 5.41) is 6.83. The summed E-state index contributed by atoms with van der Waals surface area (Å²) in [5.41, 5.74) is 5.44. The average molecular weight is 494 g/mol. The van der Waals surface area contributed by atoms with E-state index >= 15 is 0 Å². The zero-order valence-electron chi connectivity index (χ0n) is 17.8. The molecule has 4 N–H and O–H groups in total. The van der Waals surface area contributed by atoms with Crippen LogP contribution in [0.1, 0.15) is 36.0 Å². The molecule has 33 heavy (non-hydrogen) atoms. The number of halogens is 2. The molecule has 2 aromatic rings. The molecule has 1 fully saturated rings. The number of carbonyl (C=O) groups is 3. The number of ether oxygens (including phenoxy) is 2. The molecule has 0 spiro atoms. The van der Waals surface area contributed by atoms with Crippen molar-refractivity contribution in [2.75, 3.05) is 13.2 Å². The first kappa shape index (κ1) is 24.7. The number of nitrogens with two attached hydrogens (primary N) is 1. The summed E-state index contributed by atoms with van der Waals surface area (Å²) in [5.74, 6) is -0.408. The summed E-state index contributed by atoms with van der Waals surface area (Å²) in [6.07, 6.45) is 2.92. The monoisotopic (exact) mass is 493 g/mol. The van der Waals surface area contributed by atoms with Crippen molar-refractivity contribution in [2.24, 2.45) is 5.73 Å². The van der Waals surface area contributed by atoms with Crippen molar-refractivity contribution in [2.45, 2.75) is 37.8 Å². The zero-order valence-corrected chi connectivity index (χ0v) is 19.3. The predicted molar refractivity (Wildman–Crippen MR) is 125 cm³/mol. The molecule has 8 nitrogen and oxygen atoms in total. The van der Waals surface area contributed by atoms with Gasteiger partial charge in [-0.25, -0.2) is 0 Å². The Hall–Kier alpha value is -2.97. The van der Waals surface area contributed by atoms with Crippen LogP contribution in [0.2, 0.25) is 10.0 Å². The zero-order chi connectivity index (χ0) is 23.8. The van der Waals surface area contributed by atoms with Gasteiger partial charge in [-0.3, -0.25) is 14.4 Å². The first-order valence-electron chi connectivity index (χ1n) is 10.5. The van der Waals surface area contributed by atoms with E-state index in [-0.39, 0.29) is 48.4 Å². The summed E-state index contributed by atoms with van der Waals surface area (Å²) in [4.78, 5) is 35.9. The molecular formula is C23H25Cl2N3O5. The van der Waals surface area contributed by atoms with Gasteiger partial charge in [0, 0.05) is 22.1 Å². The first-order valence-corrected chi connectivity index (χ1v) is 11.2. The third kappa shape index (κ3) is 7.83. The molecule has 0 saturated heterocycles. The number of hydrogen-bond acceptors (Lipinski definition) is 5. The van der Waals surface area contributed by atoms with E-state index in [4.69, 9.17) is 38.4 Å². The maximum absolute atomic E-state index is 12.3. The lowest BCUT2D eigenvalue weighted by atomic mass is 9.91. The lowest BCUT2D eigenvalue weighted by molar-refractivity contribution is -0.125. The number of carbonyl (C=O) groups excluding carboxylic acids is 3. The van der Waals surface area contributed by atoms with Crippen LogP contribution in [0.15, 0.2) is 42.5 Å². The molecule has 0 bridgehead atoms. The predicted octanol–water partition coefficient (Wildman–Crippen LogP) is 3.09. The minimum Gasteiger partial charge on any atom is -0.484 e. The molecule has 3 rings (SSSR count). The van der Waals surface area contributed by atoms with Gasteiger partial charge in [0.15, 0.2) is 13.2 Å². The van der Waals surface area contributed by atoms with Crippen LogP contribution in [-0.4, -0.2) is 43.0 Å². The summed E-state index contributed by atoms with van der Waals surface area (Å²) < 4.78 is 10.9. The fourth-order valence-corrected chi connectivity index (χ4v) is 3.86. The van der Waals surface area contributed by atoms with Gasteiger partial charge in [0.2, 0.25) is 0 Å². The van der Waals surface area contributed by atoms with Gasteiger partial charge in [-0.2, -0.15) is 0 Å².